The van der Waals surface area contributed by atoms with Crippen LogP contribution in [0, 0.1) is 0 Å². The third kappa shape index (κ3) is 4.61. The van der Waals surface area contributed by atoms with Crippen LogP contribution in [0.5, 0.6) is 0 Å². The van der Waals surface area contributed by atoms with Crippen molar-refractivity contribution in [1.29, 1.82) is 0 Å². The van der Waals surface area contributed by atoms with Gasteiger partial charge in [-0.25, -0.2) is 8.78 Å². The quantitative estimate of drug-likeness (QED) is 0.562. The first-order chi connectivity index (χ1) is 5.72. The van der Waals surface area contributed by atoms with Gasteiger partial charge in [0.2, 0.25) is 0 Å². The lowest BCUT2D eigenvalue weighted by atomic mass is 10.2. The minimum Gasteiger partial charge on any atom is -0.205 e. The first kappa shape index (κ1) is 10.8. The highest BCUT2D eigenvalue weighted by Gasteiger charge is 2.02. The van der Waals surface area contributed by atoms with Gasteiger partial charge in [-0.3, -0.25) is 0 Å². The summed E-state index contributed by atoms with van der Waals surface area (Å²) in [4.78, 5) is 0. The van der Waals surface area contributed by atoms with E-state index in [0.717, 1.165) is 0 Å². The Balaban J connectivity index is 0.000000354. The first-order valence-corrected chi connectivity index (χ1v) is 3.62. The molecule has 0 heterocycles. The van der Waals surface area contributed by atoms with Gasteiger partial charge in [0.05, 0.1) is 0 Å². The minimum absolute atomic E-state index is 0.0810. The van der Waals surface area contributed by atoms with Crippen molar-refractivity contribution in [2.75, 3.05) is 0 Å². The molecule has 1 aromatic carbocycles. The van der Waals surface area contributed by atoms with Crippen LogP contribution in [-0.2, 0) is 0 Å². The van der Waals surface area contributed by atoms with E-state index in [9.17, 15) is 8.78 Å². The zero-order valence-electron chi connectivity index (χ0n) is 7.00. The molecule has 1 aromatic rings. The van der Waals surface area contributed by atoms with Crippen molar-refractivity contribution in [2.24, 2.45) is 0 Å². The lowest BCUT2D eigenvalue weighted by Crippen LogP contribution is -1.79. The van der Waals surface area contributed by atoms with E-state index in [4.69, 9.17) is 0 Å². The monoisotopic (exact) mass is 170 g/mol. The normalized spacial score (nSPS) is 8.67. The topological polar surface area (TPSA) is 0 Å². The largest absolute Gasteiger partial charge is 0.263 e. The van der Waals surface area contributed by atoms with Gasteiger partial charge in [-0.2, -0.15) is 0 Å². The van der Waals surface area contributed by atoms with E-state index >= 15 is 0 Å². The highest BCUT2D eigenvalue weighted by Crippen LogP contribution is 2.16. The van der Waals surface area contributed by atoms with Gasteiger partial charge in [-0.05, 0) is 6.92 Å². The highest BCUT2D eigenvalue weighted by molar-refractivity contribution is 5.15. The van der Waals surface area contributed by atoms with Crippen LogP contribution in [0.4, 0.5) is 8.78 Å². The molecular weight excluding hydrogens is 158 g/mol. The molecule has 0 aliphatic carbocycles. The van der Waals surface area contributed by atoms with E-state index in [1.807, 2.05) is 6.92 Å². The molecule has 0 atom stereocenters. The molecule has 0 amide bonds. The van der Waals surface area contributed by atoms with Gasteiger partial charge in [0, 0.05) is 5.56 Å². The van der Waals surface area contributed by atoms with Crippen molar-refractivity contribution in [3.8, 4) is 0 Å². The summed E-state index contributed by atoms with van der Waals surface area (Å²) in [6.07, 6.45) is -0.591. The van der Waals surface area contributed by atoms with Crippen molar-refractivity contribution < 1.29 is 8.78 Å². The fourth-order valence-electron chi connectivity index (χ4n) is 0.599. The predicted molar refractivity (Wildman–Crippen MR) is 47.3 cm³/mol. The zero-order chi connectivity index (χ0) is 9.40. The highest BCUT2D eigenvalue weighted by atomic mass is 19.3. The second kappa shape index (κ2) is 6.53. The van der Waals surface area contributed by atoms with E-state index in [-0.39, 0.29) is 5.56 Å². The lowest BCUT2D eigenvalue weighted by Gasteiger charge is -1.94. The SMILES string of the molecule is C=CC.FC(F)c1ccccc1. The molecular formula is C10H12F2. The summed E-state index contributed by atoms with van der Waals surface area (Å²) in [6, 6.07) is 7.73. The molecule has 12 heavy (non-hydrogen) atoms. The van der Waals surface area contributed by atoms with Gasteiger partial charge in [0.15, 0.2) is 0 Å². The zero-order valence-corrected chi connectivity index (χ0v) is 7.00. The smallest absolute Gasteiger partial charge is 0.205 e. The Hall–Kier alpha value is -1.18. The molecule has 0 spiro atoms. The maximum absolute atomic E-state index is 11.8. The maximum Gasteiger partial charge on any atom is 0.263 e. The lowest BCUT2D eigenvalue weighted by molar-refractivity contribution is 0.151. The Bertz CT molecular complexity index is 204. The fraction of sp³-hybridized carbons (Fsp3) is 0.200. The van der Waals surface area contributed by atoms with Gasteiger partial charge in [-0.1, -0.05) is 36.4 Å². The number of hydrogen-bond acceptors (Lipinski definition) is 0. The van der Waals surface area contributed by atoms with Crippen molar-refractivity contribution >= 4 is 0 Å². The Morgan fingerprint density at radius 3 is 1.92 bits per heavy atom. The van der Waals surface area contributed by atoms with Crippen molar-refractivity contribution in [1.82, 2.24) is 0 Å². The Morgan fingerprint density at radius 1 is 1.25 bits per heavy atom. The average molecular weight is 170 g/mol. The fourth-order valence-corrected chi connectivity index (χ4v) is 0.599. The van der Waals surface area contributed by atoms with Crippen LogP contribution in [0.1, 0.15) is 18.9 Å². The second-order valence-corrected chi connectivity index (χ2v) is 2.12. The molecule has 0 saturated heterocycles. The van der Waals surface area contributed by atoms with Crippen LogP contribution < -0.4 is 0 Å². The molecule has 66 valence electrons. The number of rotatable bonds is 1. The van der Waals surface area contributed by atoms with E-state index < -0.39 is 6.43 Å². The van der Waals surface area contributed by atoms with Crippen LogP contribution in [0.15, 0.2) is 43.0 Å². The average Bonchev–Trinajstić information content (AvgIpc) is 2.07. The molecule has 0 aliphatic rings. The Kier molecular flexibility index (Phi) is 5.88. The number of hydrogen-bond donors (Lipinski definition) is 0. The third-order valence-electron chi connectivity index (χ3n) is 1.05. The summed E-state index contributed by atoms with van der Waals surface area (Å²) < 4.78 is 23.5. The molecule has 0 nitrogen and oxygen atoms in total. The summed E-state index contributed by atoms with van der Waals surface area (Å²) in [5, 5.41) is 0. The summed E-state index contributed by atoms with van der Waals surface area (Å²) in [5.41, 5.74) is 0.0810. The van der Waals surface area contributed by atoms with Crippen molar-refractivity contribution in [3.05, 3.63) is 48.6 Å². The predicted octanol–water partition coefficient (Wildman–Crippen LogP) is 3.82. The minimum atomic E-state index is -2.34. The maximum atomic E-state index is 11.8. The van der Waals surface area contributed by atoms with Gasteiger partial charge in [0.1, 0.15) is 0 Å². The number of benzene rings is 1. The number of alkyl halides is 2. The number of halogens is 2. The van der Waals surface area contributed by atoms with Gasteiger partial charge >= 0.3 is 0 Å². The van der Waals surface area contributed by atoms with E-state index in [2.05, 4.69) is 6.58 Å². The van der Waals surface area contributed by atoms with Gasteiger partial charge < -0.3 is 0 Å². The Labute approximate surface area is 71.5 Å². The third-order valence-corrected chi connectivity index (χ3v) is 1.05. The van der Waals surface area contributed by atoms with E-state index in [1.54, 1.807) is 24.3 Å². The Morgan fingerprint density at radius 2 is 1.67 bits per heavy atom. The first-order valence-electron chi connectivity index (χ1n) is 3.62. The van der Waals surface area contributed by atoms with Crippen LogP contribution in [0.25, 0.3) is 0 Å². The van der Waals surface area contributed by atoms with Gasteiger partial charge in [-0.15, -0.1) is 6.58 Å². The summed E-state index contributed by atoms with van der Waals surface area (Å²) in [6.45, 7) is 5.25. The van der Waals surface area contributed by atoms with Crippen LogP contribution in [-0.4, -0.2) is 0 Å². The standard InChI is InChI=1S/C7H6F2.C3H6/c8-7(9)6-4-2-1-3-5-6;1-3-2/h1-5,7H;3H,1H2,2H3. The molecule has 0 aliphatic heterocycles. The van der Waals surface area contributed by atoms with Crippen molar-refractivity contribution in [3.63, 3.8) is 0 Å². The van der Waals surface area contributed by atoms with Crippen LogP contribution >= 0.6 is 0 Å². The molecule has 0 saturated carbocycles. The molecule has 0 aromatic heterocycles. The molecule has 0 fully saturated rings. The molecule has 1 rings (SSSR count). The summed E-state index contributed by atoms with van der Waals surface area (Å²) >= 11 is 0. The van der Waals surface area contributed by atoms with Crippen LogP contribution in [0.3, 0.4) is 0 Å². The molecule has 0 N–H and O–H groups in total. The molecule has 0 radical (unpaired) electrons. The van der Waals surface area contributed by atoms with E-state index in [0.29, 0.717) is 0 Å². The molecule has 0 unspecified atom stereocenters. The number of allylic oxidation sites excluding steroid dienone is 1. The summed E-state index contributed by atoms with van der Waals surface area (Å²) in [5.74, 6) is 0. The van der Waals surface area contributed by atoms with Gasteiger partial charge in [0.25, 0.3) is 6.43 Å². The second-order valence-electron chi connectivity index (χ2n) is 2.12. The molecule has 0 bridgehead atoms. The van der Waals surface area contributed by atoms with Crippen LogP contribution in [0.2, 0.25) is 0 Å². The van der Waals surface area contributed by atoms with Crippen molar-refractivity contribution in [2.45, 2.75) is 13.3 Å². The van der Waals surface area contributed by atoms with E-state index in [1.165, 1.54) is 12.1 Å². The summed E-state index contributed by atoms with van der Waals surface area (Å²) in [7, 11) is 0. The molecule has 2 heteroatoms.